The summed E-state index contributed by atoms with van der Waals surface area (Å²) in [5, 5.41) is 3.51. The number of rotatable bonds is 1. The maximum atomic E-state index is 5.05. The van der Waals surface area contributed by atoms with Crippen LogP contribution in [0.15, 0.2) is 8.95 Å². The summed E-state index contributed by atoms with van der Waals surface area (Å²) in [6.07, 6.45) is 2.31. The van der Waals surface area contributed by atoms with Crippen LogP contribution in [0.4, 0.5) is 5.95 Å². The predicted molar refractivity (Wildman–Crippen MR) is 97.9 cm³/mol. The summed E-state index contributed by atoms with van der Waals surface area (Å²) >= 11 is 7.52. The van der Waals surface area contributed by atoms with Gasteiger partial charge in [-0.1, -0.05) is 0 Å². The molecule has 0 unspecified atom stereocenters. The number of imidazole rings is 1. The molecule has 0 saturated carbocycles. The van der Waals surface area contributed by atoms with Gasteiger partial charge in [-0.25, -0.2) is 4.98 Å². The minimum absolute atomic E-state index is 0.518. The largest absolute Gasteiger partial charge is 0.339 e. The standard InChI is InChI=1S/C16H20Br2N4/c1-9-8-21(7-5-19-9)16-20-14-10(2)12(17)13(18)11-4-3-6-22(16)15(11)14/h9,19H,3-8H2,1-2H3/t9-/m1/s1. The van der Waals surface area contributed by atoms with Crippen LogP contribution < -0.4 is 10.2 Å². The van der Waals surface area contributed by atoms with E-state index in [0.29, 0.717) is 6.04 Å². The summed E-state index contributed by atoms with van der Waals surface area (Å²) in [4.78, 5) is 7.50. The van der Waals surface area contributed by atoms with Crippen LogP contribution in [0.2, 0.25) is 0 Å². The molecule has 1 atom stereocenters. The van der Waals surface area contributed by atoms with E-state index in [1.54, 1.807) is 0 Å². The van der Waals surface area contributed by atoms with Gasteiger partial charge in [0.1, 0.15) is 0 Å². The fourth-order valence-corrected chi connectivity index (χ4v) is 4.83. The SMILES string of the molecule is Cc1c(Br)c(Br)c2c3c1nc(N1CCN[C@H](C)C1)n3CCC2. The third-order valence-electron chi connectivity index (χ3n) is 4.84. The predicted octanol–water partition coefficient (Wildman–Crippen LogP) is 3.61. The lowest BCUT2D eigenvalue weighted by Crippen LogP contribution is -2.50. The highest BCUT2D eigenvalue weighted by Crippen LogP contribution is 2.41. The van der Waals surface area contributed by atoms with E-state index in [-0.39, 0.29) is 0 Å². The van der Waals surface area contributed by atoms with Gasteiger partial charge in [-0.15, -0.1) is 0 Å². The molecule has 0 amide bonds. The molecule has 1 saturated heterocycles. The van der Waals surface area contributed by atoms with Crippen molar-refractivity contribution in [2.75, 3.05) is 24.5 Å². The molecule has 2 aliphatic rings. The van der Waals surface area contributed by atoms with Crippen molar-refractivity contribution in [2.45, 2.75) is 39.3 Å². The zero-order valence-corrected chi connectivity index (χ0v) is 16.1. The summed E-state index contributed by atoms with van der Waals surface area (Å²) in [7, 11) is 0. The van der Waals surface area contributed by atoms with Gasteiger partial charge in [-0.2, -0.15) is 0 Å². The average molecular weight is 428 g/mol. The second kappa shape index (κ2) is 5.49. The van der Waals surface area contributed by atoms with Crippen molar-refractivity contribution in [3.63, 3.8) is 0 Å². The van der Waals surface area contributed by atoms with Crippen LogP contribution in [0.1, 0.15) is 24.5 Å². The Labute approximate surface area is 147 Å². The Morgan fingerprint density at radius 3 is 2.82 bits per heavy atom. The summed E-state index contributed by atoms with van der Waals surface area (Å²) in [5.74, 6) is 1.15. The van der Waals surface area contributed by atoms with Crippen LogP contribution in [0.25, 0.3) is 11.0 Å². The molecule has 4 nitrogen and oxygen atoms in total. The van der Waals surface area contributed by atoms with Crippen LogP contribution in [0.3, 0.4) is 0 Å². The third kappa shape index (κ3) is 2.14. The first-order chi connectivity index (χ1) is 10.6. The highest BCUT2D eigenvalue weighted by Gasteiger charge is 2.27. The molecular formula is C16H20Br2N4. The third-order valence-corrected chi connectivity index (χ3v) is 7.23. The Bertz CT molecular complexity index is 753. The number of anilines is 1. The fraction of sp³-hybridized carbons (Fsp3) is 0.562. The van der Waals surface area contributed by atoms with Crippen LogP contribution in [-0.2, 0) is 13.0 Å². The lowest BCUT2D eigenvalue weighted by molar-refractivity contribution is 0.472. The first-order valence-corrected chi connectivity index (χ1v) is 9.51. The van der Waals surface area contributed by atoms with E-state index < -0.39 is 0 Å². The van der Waals surface area contributed by atoms with E-state index in [1.807, 2.05) is 0 Å². The molecule has 1 aromatic heterocycles. The van der Waals surface area contributed by atoms with Crippen molar-refractivity contribution in [3.8, 4) is 0 Å². The molecule has 2 aromatic rings. The summed E-state index contributed by atoms with van der Waals surface area (Å²) < 4.78 is 4.80. The first kappa shape index (κ1) is 15.0. The Balaban J connectivity index is 1.95. The van der Waals surface area contributed by atoms with E-state index in [4.69, 9.17) is 4.98 Å². The monoisotopic (exact) mass is 426 g/mol. The van der Waals surface area contributed by atoms with Crippen LogP contribution in [-0.4, -0.2) is 35.2 Å². The molecule has 1 aromatic carbocycles. The van der Waals surface area contributed by atoms with Crippen molar-refractivity contribution in [3.05, 3.63) is 20.1 Å². The smallest absolute Gasteiger partial charge is 0.206 e. The lowest BCUT2D eigenvalue weighted by Gasteiger charge is -2.33. The summed E-state index contributed by atoms with van der Waals surface area (Å²) in [5.41, 5.74) is 5.13. The molecule has 2 aliphatic heterocycles. The van der Waals surface area contributed by atoms with Crippen molar-refractivity contribution >= 4 is 48.8 Å². The van der Waals surface area contributed by atoms with Gasteiger partial charge in [0, 0.05) is 41.2 Å². The maximum absolute atomic E-state index is 5.05. The Hall–Kier alpha value is -0.590. The van der Waals surface area contributed by atoms with Gasteiger partial charge >= 0.3 is 0 Å². The molecule has 3 heterocycles. The first-order valence-electron chi connectivity index (χ1n) is 7.93. The number of benzene rings is 1. The van der Waals surface area contributed by atoms with Gasteiger partial charge in [-0.05, 0) is 69.7 Å². The van der Waals surface area contributed by atoms with Crippen molar-refractivity contribution in [1.29, 1.82) is 0 Å². The van der Waals surface area contributed by atoms with E-state index >= 15 is 0 Å². The topological polar surface area (TPSA) is 33.1 Å². The van der Waals surface area contributed by atoms with Crippen LogP contribution >= 0.6 is 31.9 Å². The number of piperazine rings is 1. The molecule has 0 spiro atoms. The van der Waals surface area contributed by atoms with Gasteiger partial charge in [-0.3, -0.25) is 0 Å². The number of nitrogens with zero attached hydrogens (tertiary/aromatic N) is 3. The second-order valence-corrected chi connectivity index (χ2v) is 7.98. The summed E-state index contributed by atoms with van der Waals surface area (Å²) in [6.45, 7) is 8.57. The zero-order valence-electron chi connectivity index (χ0n) is 12.9. The molecule has 0 bridgehead atoms. The second-order valence-electron chi connectivity index (χ2n) is 6.40. The number of aryl methyl sites for hydroxylation is 3. The van der Waals surface area contributed by atoms with Gasteiger partial charge in [0.2, 0.25) is 5.95 Å². The van der Waals surface area contributed by atoms with Gasteiger partial charge < -0.3 is 14.8 Å². The zero-order chi connectivity index (χ0) is 15.4. The molecule has 118 valence electrons. The van der Waals surface area contributed by atoms with Gasteiger partial charge in [0.15, 0.2) is 0 Å². The molecule has 1 fully saturated rings. The van der Waals surface area contributed by atoms with Crippen LogP contribution in [0, 0.1) is 6.92 Å². The van der Waals surface area contributed by atoms with Crippen LogP contribution in [0.5, 0.6) is 0 Å². The minimum Gasteiger partial charge on any atom is -0.339 e. The number of nitrogens with one attached hydrogen (secondary N) is 1. The maximum Gasteiger partial charge on any atom is 0.206 e. The molecule has 4 rings (SSSR count). The highest BCUT2D eigenvalue weighted by molar-refractivity contribution is 9.13. The van der Waals surface area contributed by atoms with E-state index in [0.717, 1.165) is 48.5 Å². The molecule has 6 heteroatoms. The average Bonchev–Trinajstić information content (AvgIpc) is 2.91. The highest BCUT2D eigenvalue weighted by atomic mass is 79.9. The number of hydrogen-bond donors (Lipinski definition) is 1. The van der Waals surface area contributed by atoms with Gasteiger partial charge in [0.25, 0.3) is 0 Å². The molecular weight excluding hydrogens is 408 g/mol. The molecule has 0 aliphatic carbocycles. The molecule has 22 heavy (non-hydrogen) atoms. The van der Waals surface area contributed by atoms with Crippen molar-refractivity contribution in [2.24, 2.45) is 0 Å². The molecule has 0 radical (unpaired) electrons. The minimum atomic E-state index is 0.518. The quantitative estimate of drug-likeness (QED) is 0.754. The number of hydrogen-bond acceptors (Lipinski definition) is 3. The van der Waals surface area contributed by atoms with E-state index in [2.05, 4.69) is 60.5 Å². The molecule has 1 N–H and O–H groups in total. The van der Waals surface area contributed by atoms with E-state index in [1.165, 1.54) is 27.5 Å². The van der Waals surface area contributed by atoms with E-state index in [9.17, 15) is 0 Å². The van der Waals surface area contributed by atoms with Gasteiger partial charge in [0.05, 0.1) is 11.0 Å². The fourth-order valence-electron chi connectivity index (χ4n) is 3.72. The normalized spacial score (nSPS) is 21.6. The lowest BCUT2D eigenvalue weighted by atomic mass is 10.0. The Morgan fingerprint density at radius 1 is 1.23 bits per heavy atom. The number of aromatic nitrogens is 2. The Morgan fingerprint density at radius 2 is 2.05 bits per heavy atom. The summed E-state index contributed by atoms with van der Waals surface area (Å²) in [6, 6.07) is 0.518. The Kier molecular flexibility index (Phi) is 3.74. The van der Waals surface area contributed by atoms with Crippen molar-refractivity contribution < 1.29 is 0 Å². The van der Waals surface area contributed by atoms with Crippen molar-refractivity contribution in [1.82, 2.24) is 14.9 Å². The number of halogens is 2.